The Balaban J connectivity index is 1.62. The van der Waals surface area contributed by atoms with E-state index in [9.17, 15) is 13.2 Å². The molecule has 2 aromatic rings. The van der Waals surface area contributed by atoms with Gasteiger partial charge in [0.05, 0.1) is 0 Å². The van der Waals surface area contributed by atoms with Crippen molar-refractivity contribution in [1.82, 2.24) is 19.5 Å². The molecular formula is C14H16F3N5. The summed E-state index contributed by atoms with van der Waals surface area (Å²) in [6.45, 7) is 4.26. The van der Waals surface area contributed by atoms with E-state index in [4.69, 9.17) is 0 Å². The number of nitrogens with zero attached hydrogens (tertiary/aromatic N) is 5. The van der Waals surface area contributed by atoms with Crippen molar-refractivity contribution < 1.29 is 13.2 Å². The lowest BCUT2D eigenvalue weighted by Gasteiger charge is -2.40. The first-order chi connectivity index (χ1) is 10.5. The number of anilines is 1. The molecule has 3 heterocycles. The van der Waals surface area contributed by atoms with Gasteiger partial charge in [-0.25, -0.2) is 15.0 Å². The normalized spacial score (nSPS) is 15.9. The van der Waals surface area contributed by atoms with Crippen LogP contribution in [0.5, 0.6) is 0 Å². The Morgan fingerprint density at radius 2 is 2.00 bits per heavy atom. The maximum atomic E-state index is 12.6. The zero-order chi connectivity index (χ0) is 15.7. The zero-order valence-corrected chi connectivity index (χ0v) is 12.1. The Bertz CT molecular complexity index is 646. The molecule has 1 saturated heterocycles. The standard InChI is InChI=1S/C14H16F3N5/c1-2-12-18-3-4-21(12)6-10-7-22(8-10)13-5-11(14(15,16)17)19-9-20-13/h3-5,9-10H,2,6-8H2,1H3. The van der Waals surface area contributed by atoms with Gasteiger partial charge in [-0.05, 0) is 0 Å². The van der Waals surface area contributed by atoms with Gasteiger partial charge in [-0.2, -0.15) is 13.2 Å². The minimum atomic E-state index is -4.44. The van der Waals surface area contributed by atoms with Crippen LogP contribution in [-0.4, -0.2) is 32.6 Å². The third-order valence-corrected chi connectivity index (χ3v) is 3.80. The third-order valence-electron chi connectivity index (χ3n) is 3.80. The molecule has 118 valence electrons. The summed E-state index contributed by atoms with van der Waals surface area (Å²) in [6.07, 6.45) is 1.11. The van der Waals surface area contributed by atoms with E-state index in [1.54, 1.807) is 6.20 Å². The number of aromatic nitrogens is 4. The van der Waals surface area contributed by atoms with E-state index in [0.717, 1.165) is 31.2 Å². The summed E-state index contributed by atoms with van der Waals surface area (Å²) >= 11 is 0. The van der Waals surface area contributed by atoms with Gasteiger partial charge in [-0.1, -0.05) is 6.92 Å². The first-order valence-corrected chi connectivity index (χ1v) is 7.11. The Hall–Kier alpha value is -2.12. The SMILES string of the molecule is CCc1nccn1CC1CN(c2cc(C(F)(F)F)ncn2)C1. The summed E-state index contributed by atoms with van der Waals surface area (Å²) in [5.41, 5.74) is -0.899. The van der Waals surface area contributed by atoms with Gasteiger partial charge in [-0.3, -0.25) is 0 Å². The molecule has 0 saturated carbocycles. The van der Waals surface area contributed by atoms with Crippen LogP contribution in [0.15, 0.2) is 24.8 Å². The number of imidazole rings is 1. The van der Waals surface area contributed by atoms with Crippen molar-refractivity contribution in [3.05, 3.63) is 36.3 Å². The molecule has 3 rings (SSSR count). The fraction of sp³-hybridized carbons (Fsp3) is 0.500. The first-order valence-electron chi connectivity index (χ1n) is 7.11. The molecule has 0 spiro atoms. The van der Waals surface area contributed by atoms with Gasteiger partial charge >= 0.3 is 6.18 Å². The van der Waals surface area contributed by atoms with Gasteiger partial charge in [-0.15, -0.1) is 0 Å². The van der Waals surface area contributed by atoms with Crippen LogP contribution in [0.4, 0.5) is 19.0 Å². The monoisotopic (exact) mass is 311 g/mol. The summed E-state index contributed by atoms with van der Waals surface area (Å²) < 4.78 is 40.0. The smallest absolute Gasteiger partial charge is 0.356 e. The van der Waals surface area contributed by atoms with Gasteiger partial charge in [0.1, 0.15) is 23.7 Å². The molecule has 0 amide bonds. The van der Waals surface area contributed by atoms with E-state index in [1.807, 2.05) is 18.0 Å². The number of rotatable bonds is 4. The fourth-order valence-corrected chi connectivity index (χ4v) is 2.65. The van der Waals surface area contributed by atoms with Gasteiger partial charge in [0.2, 0.25) is 0 Å². The molecule has 8 heteroatoms. The van der Waals surface area contributed by atoms with Crippen LogP contribution in [0.1, 0.15) is 18.4 Å². The van der Waals surface area contributed by atoms with E-state index in [1.165, 1.54) is 0 Å². The van der Waals surface area contributed by atoms with Crippen molar-refractivity contribution in [1.29, 1.82) is 0 Å². The fourth-order valence-electron chi connectivity index (χ4n) is 2.65. The highest BCUT2D eigenvalue weighted by atomic mass is 19.4. The topological polar surface area (TPSA) is 46.8 Å². The van der Waals surface area contributed by atoms with E-state index < -0.39 is 11.9 Å². The molecule has 5 nitrogen and oxygen atoms in total. The maximum absolute atomic E-state index is 12.6. The van der Waals surface area contributed by atoms with Crippen molar-refractivity contribution in [2.75, 3.05) is 18.0 Å². The highest BCUT2D eigenvalue weighted by Crippen LogP contribution is 2.31. The van der Waals surface area contributed by atoms with Crippen LogP contribution in [-0.2, 0) is 19.1 Å². The van der Waals surface area contributed by atoms with Gasteiger partial charge in [0.15, 0.2) is 0 Å². The molecule has 1 aliphatic rings. The second-order valence-electron chi connectivity index (χ2n) is 5.38. The summed E-state index contributed by atoms with van der Waals surface area (Å²) in [4.78, 5) is 13.3. The largest absolute Gasteiger partial charge is 0.433 e. The average Bonchev–Trinajstić information content (AvgIpc) is 2.88. The number of halogens is 3. The Kier molecular flexibility index (Phi) is 3.76. The van der Waals surface area contributed by atoms with Gasteiger partial charge in [0, 0.05) is 50.4 Å². The quantitative estimate of drug-likeness (QED) is 0.870. The van der Waals surface area contributed by atoms with Crippen molar-refractivity contribution >= 4 is 5.82 Å². The molecule has 0 aromatic carbocycles. The molecule has 22 heavy (non-hydrogen) atoms. The van der Waals surface area contributed by atoms with Crippen LogP contribution in [0.25, 0.3) is 0 Å². The first kappa shape index (κ1) is 14.8. The van der Waals surface area contributed by atoms with Crippen LogP contribution in [0.3, 0.4) is 0 Å². The van der Waals surface area contributed by atoms with Crippen molar-refractivity contribution in [3.8, 4) is 0 Å². The zero-order valence-electron chi connectivity index (χ0n) is 12.1. The second kappa shape index (κ2) is 5.58. The Morgan fingerprint density at radius 3 is 2.68 bits per heavy atom. The minimum absolute atomic E-state index is 0.333. The number of hydrogen-bond acceptors (Lipinski definition) is 4. The van der Waals surface area contributed by atoms with E-state index >= 15 is 0 Å². The summed E-state index contributed by atoms with van der Waals surface area (Å²) in [5.74, 6) is 1.75. The summed E-state index contributed by atoms with van der Waals surface area (Å²) in [5, 5.41) is 0. The average molecular weight is 311 g/mol. The van der Waals surface area contributed by atoms with Gasteiger partial charge in [0.25, 0.3) is 0 Å². The van der Waals surface area contributed by atoms with E-state index in [0.29, 0.717) is 24.8 Å². The molecule has 0 atom stereocenters. The van der Waals surface area contributed by atoms with Crippen LogP contribution in [0, 0.1) is 5.92 Å². The molecule has 0 aliphatic carbocycles. The predicted molar refractivity (Wildman–Crippen MR) is 74.3 cm³/mol. The lowest BCUT2D eigenvalue weighted by atomic mass is 10.00. The number of alkyl halides is 3. The Labute approximate surface area is 125 Å². The molecule has 0 N–H and O–H groups in total. The van der Waals surface area contributed by atoms with Crippen molar-refractivity contribution in [3.63, 3.8) is 0 Å². The second-order valence-corrected chi connectivity index (χ2v) is 5.38. The highest BCUT2D eigenvalue weighted by molar-refractivity contribution is 5.42. The number of hydrogen-bond donors (Lipinski definition) is 0. The number of aryl methyl sites for hydroxylation is 1. The van der Waals surface area contributed by atoms with Crippen molar-refractivity contribution in [2.45, 2.75) is 26.1 Å². The summed E-state index contributed by atoms with van der Waals surface area (Å²) in [6, 6.07) is 1.00. The lowest BCUT2D eigenvalue weighted by molar-refractivity contribution is -0.141. The predicted octanol–water partition coefficient (Wildman–Crippen LogP) is 2.39. The van der Waals surface area contributed by atoms with Crippen LogP contribution in [0.2, 0.25) is 0 Å². The molecule has 0 bridgehead atoms. The van der Waals surface area contributed by atoms with E-state index in [2.05, 4.69) is 19.5 Å². The molecule has 1 aliphatic heterocycles. The third kappa shape index (κ3) is 2.90. The Morgan fingerprint density at radius 1 is 1.23 bits per heavy atom. The van der Waals surface area contributed by atoms with E-state index in [-0.39, 0.29) is 0 Å². The van der Waals surface area contributed by atoms with Crippen LogP contribution >= 0.6 is 0 Å². The van der Waals surface area contributed by atoms with Crippen LogP contribution < -0.4 is 4.90 Å². The maximum Gasteiger partial charge on any atom is 0.433 e. The molecule has 0 radical (unpaired) electrons. The summed E-state index contributed by atoms with van der Waals surface area (Å²) in [7, 11) is 0. The molecule has 2 aromatic heterocycles. The molecule has 1 fully saturated rings. The molecular weight excluding hydrogens is 295 g/mol. The highest BCUT2D eigenvalue weighted by Gasteiger charge is 2.35. The van der Waals surface area contributed by atoms with Crippen molar-refractivity contribution in [2.24, 2.45) is 5.92 Å². The lowest BCUT2D eigenvalue weighted by Crippen LogP contribution is -2.49. The minimum Gasteiger partial charge on any atom is -0.356 e. The van der Waals surface area contributed by atoms with Gasteiger partial charge < -0.3 is 9.47 Å². The molecule has 0 unspecified atom stereocenters.